The van der Waals surface area contributed by atoms with Crippen molar-refractivity contribution < 1.29 is 4.79 Å². The van der Waals surface area contributed by atoms with Crippen LogP contribution in [0.15, 0.2) is 36.7 Å². The fourth-order valence-electron chi connectivity index (χ4n) is 2.21. The van der Waals surface area contributed by atoms with E-state index in [-0.39, 0.29) is 5.78 Å². The Balaban J connectivity index is 2.13. The van der Waals surface area contributed by atoms with Gasteiger partial charge in [0.25, 0.3) is 0 Å². The zero-order valence-corrected chi connectivity index (χ0v) is 10.9. The number of fused-ring (bicyclic) bond motifs is 1. The first-order valence-corrected chi connectivity index (χ1v) is 6.69. The van der Waals surface area contributed by atoms with E-state index in [4.69, 9.17) is 0 Å². The number of benzene rings is 1. The summed E-state index contributed by atoms with van der Waals surface area (Å²) in [5.74, 6) is 0.253. The van der Waals surface area contributed by atoms with Crippen molar-refractivity contribution in [1.82, 2.24) is 4.98 Å². The largest absolute Gasteiger partial charge is 0.294 e. The molecule has 0 saturated heterocycles. The van der Waals surface area contributed by atoms with Crippen LogP contribution in [0.1, 0.15) is 49.4 Å². The van der Waals surface area contributed by atoms with Crippen molar-refractivity contribution in [3.05, 3.63) is 42.2 Å². The van der Waals surface area contributed by atoms with Crippen LogP contribution < -0.4 is 0 Å². The van der Waals surface area contributed by atoms with Gasteiger partial charge in [-0.3, -0.25) is 9.78 Å². The molecule has 0 aliphatic rings. The molecule has 0 saturated carbocycles. The molecule has 0 unspecified atom stereocenters. The fraction of sp³-hybridized carbons (Fsp3) is 0.375. The first-order chi connectivity index (χ1) is 8.83. The Kier molecular flexibility index (Phi) is 4.46. The molecule has 0 radical (unpaired) electrons. The van der Waals surface area contributed by atoms with E-state index in [2.05, 4.69) is 11.9 Å². The summed E-state index contributed by atoms with van der Waals surface area (Å²) in [6, 6.07) is 7.78. The Hall–Kier alpha value is -1.70. The molecule has 94 valence electrons. The van der Waals surface area contributed by atoms with Crippen molar-refractivity contribution in [2.75, 3.05) is 0 Å². The van der Waals surface area contributed by atoms with Gasteiger partial charge in [-0.25, -0.2) is 0 Å². The summed E-state index contributed by atoms with van der Waals surface area (Å²) >= 11 is 0. The van der Waals surface area contributed by atoms with Gasteiger partial charge in [0.1, 0.15) is 0 Å². The van der Waals surface area contributed by atoms with Gasteiger partial charge in [-0.1, -0.05) is 44.4 Å². The molecule has 1 aromatic heterocycles. The molecular weight excluding hydrogens is 222 g/mol. The second-order valence-corrected chi connectivity index (χ2v) is 4.64. The van der Waals surface area contributed by atoms with Gasteiger partial charge in [-0.2, -0.15) is 0 Å². The highest BCUT2D eigenvalue weighted by molar-refractivity contribution is 6.07. The number of hydrogen-bond donors (Lipinski definition) is 0. The number of Topliss-reactive ketones (excluding diaryl/α,β-unsaturated/α-hetero) is 1. The number of carbonyl (C=O) groups excluding carboxylic acids is 1. The van der Waals surface area contributed by atoms with E-state index in [1.807, 2.05) is 30.5 Å². The topological polar surface area (TPSA) is 30.0 Å². The molecule has 0 amide bonds. The van der Waals surface area contributed by atoms with E-state index in [1.165, 1.54) is 12.8 Å². The average Bonchev–Trinajstić information content (AvgIpc) is 2.43. The van der Waals surface area contributed by atoms with Crippen molar-refractivity contribution in [2.45, 2.75) is 39.0 Å². The van der Waals surface area contributed by atoms with E-state index in [9.17, 15) is 4.79 Å². The SMILES string of the molecule is CCCCCCC(=O)c1cccc2cnccc12. The van der Waals surface area contributed by atoms with Gasteiger partial charge in [-0.15, -0.1) is 0 Å². The molecule has 18 heavy (non-hydrogen) atoms. The van der Waals surface area contributed by atoms with Gasteiger partial charge in [0.15, 0.2) is 5.78 Å². The number of pyridine rings is 1. The Morgan fingerprint density at radius 3 is 2.89 bits per heavy atom. The van der Waals surface area contributed by atoms with Crippen LogP contribution in [0.5, 0.6) is 0 Å². The van der Waals surface area contributed by atoms with Crippen LogP contribution >= 0.6 is 0 Å². The first-order valence-electron chi connectivity index (χ1n) is 6.69. The second kappa shape index (κ2) is 6.29. The molecular formula is C16H19NO. The number of nitrogens with zero attached hydrogens (tertiary/aromatic N) is 1. The van der Waals surface area contributed by atoms with Crippen LogP contribution in [0.4, 0.5) is 0 Å². The van der Waals surface area contributed by atoms with Gasteiger partial charge in [0.05, 0.1) is 0 Å². The molecule has 0 aliphatic carbocycles. The van der Waals surface area contributed by atoms with E-state index >= 15 is 0 Å². The minimum Gasteiger partial charge on any atom is -0.294 e. The maximum absolute atomic E-state index is 12.2. The van der Waals surface area contributed by atoms with Gasteiger partial charge in [0.2, 0.25) is 0 Å². The third-order valence-corrected chi connectivity index (χ3v) is 3.24. The van der Waals surface area contributed by atoms with Crippen LogP contribution in [-0.2, 0) is 0 Å². The third kappa shape index (κ3) is 2.95. The molecule has 0 aliphatic heterocycles. The normalized spacial score (nSPS) is 10.7. The lowest BCUT2D eigenvalue weighted by Crippen LogP contribution is -2.00. The Bertz CT molecular complexity index is 528. The molecule has 2 nitrogen and oxygen atoms in total. The number of rotatable bonds is 6. The summed E-state index contributed by atoms with van der Waals surface area (Å²) < 4.78 is 0. The lowest BCUT2D eigenvalue weighted by Gasteiger charge is -2.05. The zero-order valence-electron chi connectivity index (χ0n) is 10.9. The van der Waals surface area contributed by atoms with Crippen LogP contribution in [0.25, 0.3) is 10.8 Å². The molecule has 1 heterocycles. The highest BCUT2D eigenvalue weighted by atomic mass is 16.1. The molecule has 0 spiro atoms. The predicted octanol–water partition coefficient (Wildman–Crippen LogP) is 4.39. The molecule has 0 N–H and O–H groups in total. The Morgan fingerprint density at radius 2 is 2.06 bits per heavy atom. The van der Waals surface area contributed by atoms with Crippen LogP contribution in [-0.4, -0.2) is 10.8 Å². The minimum atomic E-state index is 0.253. The molecule has 0 bridgehead atoms. The quantitative estimate of drug-likeness (QED) is 0.554. The number of aromatic nitrogens is 1. The summed E-state index contributed by atoms with van der Waals surface area (Å²) in [5.41, 5.74) is 0.839. The van der Waals surface area contributed by atoms with Crippen molar-refractivity contribution in [2.24, 2.45) is 0 Å². The highest BCUT2D eigenvalue weighted by Crippen LogP contribution is 2.19. The maximum atomic E-state index is 12.2. The molecule has 2 rings (SSSR count). The van der Waals surface area contributed by atoms with Crippen molar-refractivity contribution in [3.8, 4) is 0 Å². The molecule has 0 atom stereocenters. The van der Waals surface area contributed by atoms with Crippen molar-refractivity contribution >= 4 is 16.6 Å². The monoisotopic (exact) mass is 241 g/mol. The summed E-state index contributed by atoms with van der Waals surface area (Å²) in [7, 11) is 0. The number of ketones is 1. The minimum absolute atomic E-state index is 0.253. The lowest BCUT2D eigenvalue weighted by atomic mass is 9.99. The van der Waals surface area contributed by atoms with Crippen LogP contribution in [0, 0.1) is 0 Å². The van der Waals surface area contributed by atoms with Gasteiger partial charge in [0, 0.05) is 29.8 Å². The molecule has 1 aromatic carbocycles. The maximum Gasteiger partial charge on any atom is 0.163 e. The fourth-order valence-corrected chi connectivity index (χ4v) is 2.21. The van der Waals surface area contributed by atoms with E-state index < -0.39 is 0 Å². The zero-order chi connectivity index (χ0) is 12.8. The predicted molar refractivity (Wildman–Crippen MR) is 74.8 cm³/mol. The average molecular weight is 241 g/mol. The summed E-state index contributed by atoms with van der Waals surface area (Å²) in [4.78, 5) is 16.3. The molecule has 2 aromatic rings. The lowest BCUT2D eigenvalue weighted by molar-refractivity contribution is 0.0980. The van der Waals surface area contributed by atoms with E-state index in [1.54, 1.807) is 6.20 Å². The summed E-state index contributed by atoms with van der Waals surface area (Å²) in [5, 5.41) is 2.06. The van der Waals surface area contributed by atoms with Crippen LogP contribution in [0.3, 0.4) is 0 Å². The summed E-state index contributed by atoms with van der Waals surface area (Å²) in [6.07, 6.45) is 8.77. The smallest absolute Gasteiger partial charge is 0.163 e. The Morgan fingerprint density at radius 1 is 1.17 bits per heavy atom. The summed E-state index contributed by atoms with van der Waals surface area (Å²) in [6.45, 7) is 2.18. The third-order valence-electron chi connectivity index (χ3n) is 3.24. The van der Waals surface area contributed by atoms with Crippen molar-refractivity contribution in [1.29, 1.82) is 0 Å². The van der Waals surface area contributed by atoms with Gasteiger partial charge < -0.3 is 0 Å². The number of hydrogen-bond acceptors (Lipinski definition) is 2. The molecule has 2 heteroatoms. The number of unbranched alkanes of at least 4 members (excludes halogenated alkanes) is 3. The highest BCUT2D eigenvalue weighted by Gasteiger charge is 2.09. The van der Waals surface area contributed by atoms with E-state index in [0.29, 0.717) is 6.42 Å². The second-order valence-electron chi connectivity index (χ2n) is 4.64. The molecule has 0 fully saturated rings. The van der Waals surface area contributed by atoms with E-state index in [0.717, 1.165) is 29.2 Å². The first kappa shape index (κ1) is 12.7. The number of carbonyl (C=O) groups is 1. The van der Waals surface area contributed by atoms with Gasteiger partial charge in [-0.05, 0) is 17.9 Å². The van der Waals surface area contributed by atoms with Crippen LogP contribution in [0.2, 0.25) is 0 Å². The standard InChI is InChI=1S/C16H19NO/c1-2-3-4-5-9-16(18)15-8-6-7-13-12-17-11-10-14(13)15/h6-8,10-12H,2-5,9H2,1H3. The van der Waals surface area contributed by atoms with Crippen molar-refractivity contribution in [3.63, 3.8) is 0 Å². The van der Waals surface area contributed by atoms with Gasteiger partial charge >= 0.3 is 0 Å². The Labute approximate surface area is 108 Å².